The first-order valence-corrected chi connectivity index (χ1v) is 5.23. The number of nitrogens with two attached hydrogens (primary N) is 1. The monoisotopic (exact) mass is 206 g/mol. The second-order valence-electron chi connectivity index (χ2n) is 2.77. The van der Waals surface area contributed by atoms with Gasteiger partial charge < -0.3 is 5.73 Å². The van der Waals surface area contributed by atoms with Gasteiger partial charge >= 0.3 is 0 Å². The van der Waals surface area contributed by atoms with Gasteiger partial charge in [-0.25, -0.2) is 0 Å². The molecule has 0 radical (unpaired) electrons. The summed E-state index contributed by atoms with van der Waals surface area (Å²) in [6.07, 6.45) is 0. The van der Waals surface area contributed by atoms with Crippen LogP contribution in [0.3, 0.4) is 0 Å². The summed E-state index contributed by atoms with van der Waals surface area (Å²) < 4.78 is 0. The van der Waals surface area contributed by atoms with E-state index in [2.05, 4.69) is 6.07 Å². The van der Waals surface area contributed by atoms with E-state index in [0.717, 1.165) is 5.56 Å². The lowest BCUT2D eigenvalue weighted by atomic mass is 10.2. The molecule has 0 spiro atoms. The van der Waals surface area contributed by atoms with Crippen LogP contribution < -0.4 is 5.73 Å². The zero-order valence-corrected chi connectivity index (χ0v) is 8.38. The molecule has 0 unspecified atom stereocenters. The number of primary amides is 1. The van der Waals surface area contributed by atoms with Gasteiger partial charge in [-0.15, -0.1) is 11.8 Å². The lowest BCUT2D eigenvalue weighted by Gasteiger charge is -1.99. The summed E-state index contributed by atoms with van der Waals surface area (Å²) in [4.78, 5) is 10.5. The largest absolute Gasteiger partial charge is 0.369 e. The third kappa shape index (κ3) is 3.50. The molecule has 0 aliphatic carbocycles. The van der Waals surface area contributed by atoms with Crippen LogP contribution in [-0.4, -0.2) is 11.7 Å². The van der Waals surface area contributed by atoms with Crippen molar-refractivity contribution in [3.63, 3.8) is 0 Å². The van der Waals surface area contributed by atoms with E-state index in [4.69, 9.17) is 11.0 Å². The molecule has 1 aromatic rings. The Bertz CT molecular complexity index is 371. The number of carbonyl (C=O) groups is 1. The summed E-state index contributed by atoms with van der Waals surface area (Å²) in [7, 11) is 0. The predicted molar refractivity (Wildman–Crippen MR) is 56.5 cm³/mol. The van der Waals surface area contributed by atoms with Crippen LogP contribution in [0, 0.1) is 11.3 Å². The summed E-state index contributed by atoms with van der Waals surface area (Å²) in [6.45, 7) is 0. The molecule has 0 aliphatic rings. The first-order chi connectivity index (χ1) is 6.72. The predicted octanol–water partition coefficient (Wildman–Crippen LogP) is 1.28. The number of hydrogen-bond donors (Lipinski definition) is 1. The maximum absolute atomic E-state index is 10.5. The highest BCUT2D eigenvalue weighted by Gasteiger charge is 1.97. The fourth-order valence-corrected chi connectivity index (χ4v) is 1.72. The smallest absolute Gasteiger partial charge is 0.227 e. The maximum Gasteiger partial charge on any atom is 0.227 e. The number of hydrogen-bond acceptors (Lipinski definition) is 3. The molecule has 0 saturated carbocycles. The molecular formula is C10H10N2OS. The van der Waals surface area contributed by atoms with Gasteiger partial charge in [0.1, 0.15) is 0 Å². The molecule has 1 amide bonds. The van der Waals surface area contributed by atoms with Crippen molar-refractivity contribution >= 4 is 17.7 Å². The molecule has 0 bridgehead atoms. The van der Waals surface area contributed by atoms with E-state index >= 15 is 0 Å². The Labute approximate surface area is 86.9 Å². The topological polar surface area (TPSA) is 66.9 Å². The number of amides is 1. The summed E-state index contributed by atoms with van der Waals surface area (Å²) in [5, 5.41) is 8.64. The molecule has 0 aliphatic heterocycles. The molecule has 0 fully saturated rings. The van der Waals surface area contributed by atoms with Crippen molar-refractivity contribution in [1.82, 2.24) is 0 Å². The summed E-state index contributed by atoms with van der Waals surface area (Å²) in [6, 6.07) is 9.39. The van der Waals surface area contributed by atoms with Crippen molar-refractivity contribution < 1.29 is 4.79 Å². The van der Waals surface area contributed by atoms with Crippen molar-refractivity contribution in [2.45, 2.75) is 5.75 Å². The fourth-order valence-electron chi connectivity index (χ4n) is 1.00. The molecule has 3 nitrogen and oxygen atoms in total. The van der Waals surface area contributed by atoms with Gasteiger partial charge in [-0.3, -0.25) is 4.79 Å². The second-order valence-corrected chi connectivity index (χ2v) is 3.76. The molecule has 0 heterocycles. The Hall–Kier alpha value is -1.47. The van der Waals surface area contributed by atoms with E-state index < -0.39 is 0 Å². The van der Waals surface area contributed by atoms with Gasteiger partial charge in [0, 0.05) is 5.75 Å². The number of thioether (sulfide) groups is 1. The molecule has 4 heteroatoms. The Kier molecular flexibility index (Phi) is 4.02. The average molecular weight is 206 g/mol. The van der Waals surface area contributed by atoms with Gasteiger partial charge in [-0.1, -0.05) is 12.1 Å². The van der Waals surface area contributed by atoms with E-state index in [-0.39, 0.29) is 5.91 Å². The third-order valence-electron chi connectivity index (χ3n) is 1.57. The second kappa shape index (κ2) is 5.30. The molecule has 0 atom stereocenters. The van der Waals surface area contributed by atoms with Crippen molar-refractivity contribution in [2.24, 2.45) is 5.73 Å². The van der Waals surface area contributed by atoms with E-state index in [1.807, 2.05) is 18.2 Å². The SMILES string of the molecule is N#Cc1cccc(CSCC(N)=O)c1. The van der Waals surface area contributed by atoms with E-state index in [1.54, 1.807) is 6.07 Å². The molecule has 1 rings (SSSR count). The minimum absolute atomic E-state index is 0.313. The number of nitriles is 1. The average Bonchev–Trinajstić information content (AvgIpc) is 2.18. The number of rotatable bonds is 4. The van der Waals surface area contributed by atoms with Crippen molar-refractivity contribution in [1.29, 1.82) is 5.26 Å². The molecule has 0 saturated heterocycles. The van der Waals surface area contributed by atoms with Crippen molar-refractivity contribution in [3.8, 4) is 6.07 Å². The Morgan fingerprint density at radius 3 is 3.00 bits per heavy atom. The van der Waals surface area contributed by atoms with Crippen molar-refractivity contribution in [2.75, 3.05) is 5.75 Å². The van der Waals surface area contributed by atoms with Gasteiger partial charge in [0.15, 0.2) is 0 Å². The van der Waals surface area contributed by atoms with E-state index in [0.29, 0.717) is 17.1 Å². The van der Waals surface area contributed by atoms with Gasteiger partial charge in [0.25, 0.3) is 0 Å². The molecule has 2 N–H and O–H groups in total. The van der Waals surface area contributed by atoms with Crippen LogP contribution in [0.5, 0.6) is 0 Å². The summed E-state index contributed by atoms with van der Waals surface area (Å²) >= 11 is 1.45. The van der Waals surface area contributed by atoms with Crippen LogP contribution in [-0.2, 0) is 10.5 Å². The normalized spacial score (nSPS) is 9.36. The van der Waals surface area contributed by atoms with E-state index in [9.17, 15) is 4.79 Å². The van der Waals surface area contributed by atoms with Crippen LogP contribution in [0.25, 0.3) is 0 Å². The lowest BCUT2D eigenvalue weighted by Crippen LogP contribution is -2.13. The van der Waals surface area contributed by atoms with Gasteiger partial charge in [-0.05, 0) is 17.7 Å². The number of benzene rings is 1. The third-order valence-corrected chi connectivity index (χ3v) is 2.60. The first-order valence-electron chi connectivity index (χ1n) is 4.07. The molecule has 1 aromatic carbocycles. The zero-order chi connectivity index (χ0) is 10.4. The molecular weight excluding hydrogens is 196 g/mol. The van der Waals surface area contributed by atoms with Gasteiger partial charge in [0.2, 0.25) is 5.91 Å². The standard InChI is InChI=1S/C10H10N2OS/c11-5-8-2-1-3-9(4-8)6-14-7-10(12)13/h1-4H,6-7H2,(H2,12,13). The quantitative estimate of drug-likeness (QED) is 0.806. The van der Waals surface area contributed by atoms with Gasteiger partial charge in [-0.2, -0.15) is 5.26 Å². The van der Waals surface area contributed by atoms with Crippen LogP contribution in [0.1, 0.15) is 11.1 Å². The van der Waals surface area contributed by atoms with Gasteiger partial charge in [0.05, 0.1) is 17.4 Å². The Balaban J connectivity index is 2.51. The van der Waals surface area contributed by atoms with Crippen LogP contribution in [0.4, 0.5) is 0 Å². The summed E-state index contributed by atoms with van der Waals surface area (Å²) in [5.41, 5.74) is 6.68. The lowest BCUT2D eigenvalue weighted by molar-refractivity contribution is -0.115. The molecule has 0 aromatic heterocycles. The fraction of sp³-hybridized carbons (Fsp3) is 0.200. The highest BCUT2D eigenvalue weighted by atomic mass is 32.2. The first kappa shape index (κ1) is 10.6. The molecule has 14 heavy (non-hydrogen) atoms. The Morgan fingerprint density at radius 1 is 1.57 bits per heavy atom. The molecule has 72 valence electrons. The Morgan fingerprint density at radius 2 is 2.36 bits per heavy atom. The highest BCUT2D eigenvalue weighted by molar-refractivity contribution is 7.99. The highest BCUT2D eigenvalue weighted by Crippen LogP contribution is 2.12. The minimum Gasteiger partial charge on any atom is -0.369 e. The maximum atomic E-state index is 10.5. The minimum atomic E-state index is -0.313. The van der Waals surface area contributed by atoms with E-state index in [1.165, 1.54) is 11.8 Å². The zero-order valence-electron chi connectivity index (χ0n) is 7.56. The van der Waals surface area contributed by atoms with Crippen LogP contribution in [0.2, 0.25) is 0 Å². The summed E-state index contributed by atoms with van der Waals surface area (Å²) in [5.74, 6) is 0.710. The number of carbonyl (C=O) groups excluding carboxylic acids is 1. The number of nitrogens with zero attached hydrogens (tertiary/aromatic N) is 1. The van der Waals surface area contributed by atoms with Crippen molar-refractivity contribution in [3.05, 3.63) is 35.4 Å². The van der Waals surface area contributed by atoms with Crippen LogP contribution in [0.15, 0.2) is 24.3 Å². The van der Waals surface area contributed by atoms with Crippen LogP contribution >= 0.6 is 11.8 Å².